The third-order valence-corrected chi connectivity index (χ3v) is 6.47. The summed E-state index contributed by atoms with van der Waals surface area (Å²) >= 11 is 0. The molecule has 4 rings (SSSR count). The Morgan fingerprint density at radius 3 is 2.14 bits per heavy atom. The van der Waals surface area contributed by atoms with E-state index >= 15 is 0 Å². The summed E-state index contributed by atoms with van der Waals surface area (Å²) < 4.78 is 39.8. The number of halogens is 3. The van der Waals surface area contributed by atoms with E-state index in [1.807, 2.05) is 18.2 Å². The van der Waals surface area contributed by atoms with Gasteiger partial charge < -0.3 is 20.8 Å². The molecule has 4 N–H and O–H groups in total. The Labute approximate surface area is 205 Å². The van der Waals surface area contributed by atoms with Crippen molar-refractivity contribution in [1.29, 1.82) is 0 Å². The maximum Gasteiger partial charge on any atom is 0.389 e. The Balaban J connectivity index is 1.50. The van der Waals surface area contributed by atoms with E-state index in [1.165, 1.54) is 0 Å². The van der Waals surface area contributed by atoms with Gasteiger partial charge >= 0.3 is 18.2 Å². The van der Waals surface area contributed by atoms with Crippen LogP contribution < -0.4 is 10.6 Å². The molecule has 1 aliphatic carbocycles. The third-order valence-electron chi connectivity index (χ3n) is 6.47. The van der Waals surface area contributed by atoms with Crippen LogP contribution in [0.2, 0.25) is 0 Å². The van der Waals surface area contributed by atoms with Crippen molar-refractivity contribution in [2.24, 2.45) is 5.41 Å². The molecule has 0 saturated carbocycles. The second-order valence-electron chi connectivity index (χ2n) is 9.06. The number of rotatable bonds is 6. The first kappa shape index (κ1) is 25.2. The predicted molar refractivity (Wildman–Crippen MR) is 130 cm³/mol. The maximum atomic E-state index is 13.3. The molecule has 36 heavy (non-hydrogen) atoms. The van der Waals surface area contributed by atoms with Gasteiger partial charge in [-0.1, -0.05) is 48.5 Å². The molecule has 2 amide bonds. The van der Waals surface area contributed by atoms with Crippen LogP contribution in [0, 0.1) is 5.41 Å². The first-order chi connectivity index (χ1) is 17.0. The summed E-state index contributed by atoms with van der Waals surface area (Å²) in [6.07, 6.45) is -8.12. The third kappa shape index (κ3) is 5.85. The zero-order valence-electron chi connectivity index (χ0n) is 19.2. The number of anilines is 2. The first-order valence-electron chi connectivity index (χ1n) is 11.4. The van der Waals surface area contributed by atoms with Gasteiger partial charge in [-0.25, -0.2) is 4.79 Å². The van der Waals surface area contributed by atoms with Gasteiger partial charge in [0.1, 0.15) is 0 Å². The number of para-hydroxylation sites is 1. The first-order valence-corrected chi connectivity index (χ1v) is 11.4. The van der Waals surface area contributed by atoms with Crippen molar-refractivity contribution in [2.45, 2.75) is 38.0 Å². The van der Waals surface area contributed by atoms with Crippen LogP contribution in [-0.4, -0.2) is 28.4 Å². The van der Waals surface area contributed by atoms with Gasteiger partial charge in [-0.2, -0.15) is 13.2 Å². The minimum Gasteiger partial charge on any atom is -0.481 e. The number of carboxylic acids is 1. The fourth-order valence-electron chi connectivity index (χ4n) is 4.81. The van der Waals surface area contributed by atoms with Gasteiger partial charge in [0.15, 0.2) is 0 Å². The van der Waals surface area contributed by atoms with E-state index < -0.39 is 36.5 Å². The van der Waals surface area contributed by atoms with Crippen LogP contribution in [0.15, 0.2) is 72.8 Å². The average Bonchev–Trinajstić information content (AvgIpc) is 2.81. The fraction of sp³-hybridized carbons (Fsp3) is 0.259. The molecule has 2 atom stereocenters. The molecule has 9 heteroatoms. The summed E-state index contributed by atoms with van der Waals surface area (Å²) in [5.74, 6) is -1.37. The van der Waals surface area contributed by atoms with Gasteiger partial charge in [0.2, 0.25) is 0 Å². The van der Waals surface area contributed by atoms with E-state index in [4.69, 9.17) is 0 Å². The number of aliphatic hydroxyl groups is 1. The largest absolute Gasteiger partial charge is 0.481 e. The summed E-state index contributed by atoms with van der Waals surface area (Å²) in [6, 6.07) is 20.8. The molecule has 2 unspecified atom stereocenters. The minimum atomic E-state index is -4.60. The van der Waals surface area contributed by atoms with Crippen LogP contribution in [0.4, 0.5) is 29.3 Å². The van der Waals surface area contributed by atoms with Gasteiger partial charge in [0.05, 0.1) is 18.9 Å². The van der Waals surface area contributed by atoms with Crippen molar-refractivity contribution >= 4 is 23.4 Å². The number of alkyl halides is 3. The highest BCUT2D eigenvalue weighted by Gasteiger charge is 2.50. The van der Waals surface area contributed by atoms with Crippen LogP contribution >= 0.6 is 0 Å². The normalized spacial score (nSPS) is 19.3. The number of carbonyl (C=O) groups is 2. The molecule has 0 fully saturated rings. The molecule has 3 aromatic rings. The topological polar surface area (TPSA) is 98.7 Å². The number of carbonyl (C=O) groups excluding carboxylic acids is 1. The van der Waals surface area contributed by atoms with Crippen LogP contribution in [0.25, 0.3) is 11.1 Å². The Morgan fingerprint density at radius 2 is 1.53 bits per heavy atom. The molecule has 0 aromatic heterocycles. The summed E-state index contributed by atoms with van der Waals surface area (Å²) in [4.78, 5) is 23.5. The Morgan fingerprint density at radius 1 is 0.917 bits per heavy atom. The second-order valence-corrected chi connectivity index (χ2v) is 9.06. The fourth-order valence-corrected chi connectivity index (χ4v) is 4.81. The maximum absolute atomic E-state index is 13.3. The van der Waals surface area contributed by atoms with Gasteiger partial charge in [0, 0.05) is 16.8 Å². The van der Waals surface area contributed by atoms with E-state index in [2.05, 4.69) is 10.6 Å². The van der Waals surface area contributed by atoms with Crippen molar-refractivity contribution in [2.75, 3.05) is 10.6 Å². The standard InChI is InChI=1S/C27H25F3N2O4/c28-27(29,30)16-26(15-23(33)34)13-12-19-14-18(8-11-22(19)24(26)35)17-6-9-21(10-7-17)32-25(36)31-20-4-2-1-3-5-20/h1-11,14,24,35H,12-13,15-16H2,(H,33,34)(H2,31,32,36). The van der Waals surface area contributed by atoms with Crippen molar-refractivity contribution < 1.29 is 33.0 Å². The molecule has 0 bridgehead atoms. The quantitative estimate of drug-likeness (QED) is 0.316. The highest BCUT2D eigenvalue weighted by atomic mass is 19.4. The molecule has 1 aliphatic rings. The van der Waals surface area contributed by atoms with Gasteiger partial charge in [-0.15, -0.1) is 0 Å². The number of aryl methyl sites for hydroxylation is 1. The molecule has 188 valence electrons. The molecular formula is C27H25F3N2O4. The van der Waals surface area contributed by atoms with E-state index in [0.717, 1.165) is 11.1 Å². The van der Waals surface area contributed by atoms with Gasteiger partial charge in [0.25, 0.3) is 0 Å². The lowest BCUT2D eigenvalue weighted by Crippen LogP contribution is -2.39. The average molecular weight is 499 g/mol. The molecule has 6 nitrogen and oxygen atoms in total. The highest BCUT2D eigenvalue weighted by Crippen LogP contribution is 2.52. The number of aliphatic carboxylic acids is 1. The molecule has 0 heterocycles. The highest BCUT2D eigenvalue weighted by molar-refractivity contribution is 5.99. The number of urea groups is 1. The molecule has 0 spiro atoms. The van der Waals surface area contributed by atoms with E-state index in [9.17, 15) is 33.0 Å². The Kier molecular flexibility index (Phi) is 7.03. The SMILES string of the molecule is O=C(O)CC1(CC(F)(F)F)CCc2cc(-c3ccc(NC(=O)Nc4ccccc4)cc3)ccc2C1O. The lowest BCUT2D eigenvalue weighted by atomic mass is 9.65. The zero-order valence-corrected chi connectivity index (χ0v) is 19.2. The molecule has 0 saturated heterocycles. The summed E-state index contributed by atoms with van der Waals surface area (Å²) in [5.41, 5.74) is 2.06. The lowest BCUT2D eigenvalue weighted by molar-refractivity contribution is -0.183. The van der Waals surface area contributed by atoms with E-state index in [-0.39, 0.29) is 18.9 Å². The Bertz CT molecular complexity index is 1250. The van der Waals surface area contributed by atoms with Crippen molar-refractivity contribution in [3.05, 3.63) is 83.9 Å². The van der Waals surface area contributed by atoms with E-state index in [0.29, 0.717) is 22.5 Å². The van der Waals surface area contributed by atoms with Crippen LogP contribution in [0.5, 0.6) is 0 Å². The monoisotopic (exact) mass is 498 g/mol. The second kappa shape index (κ2) is 10.0. The lowest BCUT2D eigenvalue weighted by Gasteiger charge is -2.42. The zero-order chi connectivity index (χ0) is 25.9. The molecule has 0 aliphatic heterocycles. The van der Waals surface area contributed by atoms with Crippen molar-refractivity contribution in [3.8, 4) is 11.1 Å². The van der Waals surface area contributed by atoms with Crippen LogP contribution in [0.3, 0.4) is 0 Å². The number of hydrogen-bond acceptors (Lipinski definition) is 3. The number of nitrogens with one attached hydrogen (secondary N) is 2. The van der Waals surface area contributed by atoms with Gasteiger partial charge in [-0.3, -0.25) is 4.79 Å². The number of hydrogen-bond donors (Lipinski definition) is 4. The Hall–Kier alpha value is -3.85. The summed E-state index contributed by atoms with van der Waals surface area (Å²) in [5, 5.41) is 25.6. The number of aliphatic hydroxyl groups excluding tert-OH is 1. The molecular weight excluding hydrogens is 473 g/mol. The van der Waals surface area contributed by atoms with Crippen LogP contribution in [-0.2, 0) is 11.2 Å². The van der Waals surface area contributed by atoms with E-state index in [1.54, 1.807) is 54.6 Å². The van der Waals surface area contributed by atoms with Crippen molar-refractivity contribution in [1.82, 2.24) is 0 Å². The summed E-state index contributed by atoms with van der Waals surface area (Å²) in [7, 11) is 0. The number of benzene rings is 3. The molecule has 3 aromatic carbocycles. The number of fused-ring (bicyclic) bond motifs is 1. The number of carboxylic acid groups (broad SMARTS) is 1. The van der Waals surface area contributed by atoms with Crippen molar-refractivity contribution in [3.63, 3.8) is 0 Å². The van der Waals surface area contributed by atoms with Crippen LogP contribution in [0.1, 0.15) is 36.5 Å². The minimum absolute atomic E-state index is 0.0875. The predicted octanol–water partition coefficient (Wildman–Crippen LogP) is 6.39. The number of amides is 2. The smallest absolute Gasteiger partial charge is 0.389 e. The van der Waals surface area contributed by atoms with Gasteiger partial charge in [-0.05, 0) is 59.4 Å². The molecule has 0 radical (unpaired) electrons. The summed E-state index contributed by atoms with van der Waals surface area (Å²) in [6.45, 7) is 0.